The summed E-state index contributed by atoms with van der Waals surface area (Å²) >= 11 is 0. The van der Waals surface area contributed by atoms with Crippen molar-refractivity contribution >= 4 is 0 Å². The monoisotopic (exact) mass is 265 g/mol. The summed E-state index contributed by atoms with van der Waals surface area (Å²) < 4.78 is 5.70. The van der Waals surface area contributed by atoms with Crippen molar-refractivity contribution < 1.29 is 4.74 Å². The van der Waals surface area contributed by atoms with Gasteiger partial charge in [-0.2, -0.15) is 0 Å². The summed E-state index contributed by atoms with van der Waals surface area (Å²) in [4.78, 5) is 2.57. The maximum atomic E-state index is 5.70. The summed E-state index contributed by atoms with van der Waals surface area (Å²) in [7, 11) is 0. The molecule has 0 radical (unpaired) electrons. The van der Waals surface area contributed by atoms with Gasteiger partial charge in [-0.1, -0.05) is 48.5 Å². The van der Waals surface area contributed by atoms with E-state index in [9.17, 15) is 0 Å². The van der Waals surface area contributed by atoms with Crippen LogP contribution < -0.4 is 0 Å². The summed E-state index contributed by atoms with van der Waals surface area (Å²) in [5.41, 5.74) is 5.69. The molecule has 0 unspecified atom stereocenters. The zero-order chi connectivity index (χ0) is 13.5. The Balaban J connectivity index is 1.83. The molecule has 0 amide bonds. The summed E-state index contributed by atoms with van der Waals surface area (Å²) in [6.45, 7) is 5.02. The molecule has 0 spiro atoms. The highest BCUT2D eigenvalue weighted by molar-refractivity contribution is 5.78. The number of hydrogen-bond acceptors (Lipinski definition) is 2. The van der Waals surface area contributed by atoms with Gasteiger partial charge in [-0.05, 0) is 29.2 Å². The van der Waals surface area contributed by atoms with Crippen molar-refractivity contribution in [2.75, 3.05) is 19.7 Å². The van der Waals surface area contributed by atoms with Crippen LogP contribution in [-0.4, -0.2) is 30.7 Å². The van der Waals surface area contributed by atoms with E-state index < -0.39 is 0 Å². The third-order valence-corrected chi connectivity index (χ3v) is 4.44. The molecule has 102 valence electrons. The third-order valence-electron chi connectivity index (χ3n) is 4.44. The van der Waals surface area contributed by atoms with Crippen molar-refractivity contribution in [2.45, 2.75) is 19.1 Å². The Bertz CT molecular complexity index is 591. The number of hydrogen-bond donors (Lipinski definition) is 0. The maximum Gasteiger partial charge on any atom is 0.0674 e. The molecule has 0 saturated carbocycles. The third kappa shape index (κ3) is 1.80. The van der Waals surface area contributed by atoms with Gasteiger partial charge < -0.3 is 4.74 Å². The molecule has 1 fully saturated rings. The summed E-state index contributed by atoms with van der Waals surface area (Å²) in [6, 6.07) is 18.0. The molecule has 0 aromatic heterocycles. The topological polar surface area (TPSA) is 12.5 Å². The van der Waals surface area contributed by atoms with E-state index in [-0.39, 0.29) is 0 Å². The smallest absolute Gasteiger partial charge is 0.0674 e. The number of fused-ring (bicyclic) bond motifs is 3. The standard InChI is InChI=1S/C18H19NO/c1-13-12-19(10-11-20-13)18-16-8-4-2-6-14(16)15-7-3-5-9-17(15)18/h2-9,13,18H,10-12H2,1H3/t13-/m0/s1. The minimum atomic E-state index is 0.323. The molecular weight excluding hydrogens is 246 g/mol. The first kappa shape index (κ1) is 12.1. The molecule has 1 heterocycles. The van der Waals surface area contributed by atoms with Crippen LogP contribution in [0, 0.1) is 0 Å². The molecule has 1 atom stereocenters. The normalized spacial score (nSPS) is 22.6. The minimum Gasteiger partial charge on any atom is -0.376 e. The van der Waals surface area contributed by atoms with E-state index in [1.165, 1.54) is 22.3 Å². The molecule has 2 aromatic rings. The Morgan fingerprint density at radius 1 is 0.950 bits per heavy atom. The first-order valence-corrected chi connectivity index (χ1v) is 7.38. The fourth-order valence-corrected chi connectivity index (χ4v) is 3.60. The zero-order valence-corrected chi connectivity index (χ0v) is 11.8. The number of benzene rings is 2. The first-order chi connectivity index (χ1) is 9.84. The predicted octanol–water partition coefficient (Wildman–Crippen LogP) is 3.48. The molecule has 0 N–H and O–H groups in total. The van der Waals surface area contributed by atoms with Crippen LogP contribution in [0.1, 0.15) is 24.1 Å². The lowest BCUT2D eigenvalue weighted by atomic mass is 10.0. The molecule has 20 heavy (non-hydrogen) atoms. The fraction of sp³-hybridized carbons (Fsp3) is 0.333. The van der Waals surface area contributed by atoms with Crippen LogP contribution in [0.25, 0.3) is 11.1 Å². The van der Waals surface area contributed by atoms with Crippen molar-refractivity contribution in [1.82, 2.24) is 4.90 Å². The van der Waals surface area contributed by atoms with Gasteiger partial charge in [-0.3, -0.25) is 4.90 Å². The fourth-order valence-electron chi connectivity index (χ4n) is 3.60. The van der Waals surface area contributed by atoms with E-state index in [0.29, 0.717) is 12.1 Å². The average molecular weight is 265 g/mol. The Morgan fingerprint density at radius 2 is 1.55 bits per heavy atom. The van der Waals surface area contributed by atoms with Gasteiger partial charge in [0.15, 0.2) is 0 Å². The zero-order valence-electron chi connectivity index (χ0n) is 11.8. The van der Waals surface area contributed by atoms with Gasteiger partial charge in [0.25, 0.3) is 0 Å². The molecule has 2 aromatic carbocycles. The van der Waals surface area contributed by atoms with Crippen LogP contribution in [0.4, 0.5) is 0 Å². The van der Waals surface area contributed by atoms with Crippen molar-refractivity contribution in [3.8, 4) is 11.1 Å². The molecule has 2 heteroatoms. The van der Waals surface area contributed by atoms with Gasteiger partial charge in [0.2, 0.25) is 0 Å². The molecule has 2 nitrogen and oxygen atoms in total. The Kier molecular flexibility index (Phi) is 2.86. The van der Waals surface area contributed by atoms with Gasteiger partial charge in [0, 0.05) is 13.1 Å². The summed E-state index contributed by atoms with van der Waals surface area (Å²) in [6.07, 6.45) is 0.323. The van der Waals surface area contributed by atoms with E-state index in [2.05, 4.69) is 60.4 Å². The number of nitrogens with zero attached hydrogens (tertiary/aromatic N) is 1. The van der Waals surface area contributed by atoms with Crippen LogP contribution >= 0.6 is 0 Å². The molecule has 1 aliphatic heterocycles. The lowest BCUT2D eigenvalue weighted by molar-refractivity contribution is -0.0283. The van der Waals surface area contributed by atoms with Crippen molar-refractivity contribution in [2.24, 2.45) is 0 Å². The Hall–Kier alpha value is -1.64. The van der Waals surface area contributed by atoms with Crippen LogP contribution in [0.5, 0.6) is 0 Å². The molecular formula is C18H19NO. The molecule has 4 rings (SSSR count). The van der Waals surface area contributed by atoms with Gasteiger partial charge in [0.05, 0.1) is 18.8 Å². The average Bonchev–Trinajstić information content (AvgIpc) is 2.82. The number of ether oxygens (including phenoxy) is 1. The van der Waals surface area contributed by atoms with Gasteiger partial charge in [-0.25, -0.2) is 0 Å². The number of rotatable bonds is 1. The van der Waals surface area contributed by atoms with E-state index in [4.69, 9.17) is 4.74 Å². The predicted molar refractivity (Wildman–Crippen MR) is 80.7 cm³/mol. The van der Waals surface area contributed by atoms with Crippen LogP contribution in [0.3, 0.4) is 0 Å². The lowest BCUT2D eigenvalue weighted by Crippen LogP contribution is -2.42. The molecule has 0 bridgehead atoms. The largest absolute Gasteiger partial charge is 0.376 e. The van der Waals surface area contributed by atoms with Crippen LogP contribution in [-0.2, 0) is 4.74 Å². The van der Waals surface area contributed by atoms with Gasteiger partial charge in [-0.15, -0.1) is 0 Å². The second-order valence-electron chi connectivity index (χ2n) is 5.75. The maximum absolute atomic E-state index is 5.70. The van der Waals surface area contributed by atoms with E-state index in [0.717, 1.165) is 19.7 Å². The van der Waals surface area contributed by atoms with Crippen LogP contribution in [0.2, 0.25) is 0 Å². The number of morpholine rings is 1. The first-order valence-electron chi connectivity index (χ1n) is 7.38. The molecule has 2 aliphatic rings. The highest BCUT2D eigenvalue weighted by Gasteiger charge is 2.34. The summed E-state index contributed by atoms with van der Waals surface area (Å²) in [5, 5.41) is 0. The van der Waals surface area contributed by atoms with E-state index >= 15 is 0 Å². The van der Waals surface area contributed by atoms with Crippen molar-refractivity contribution in [1.29, 1.82) is 0 Å². The highest BCUT2D eigenvalue weighted by Crippen LogP contribution is 2.46. The minimum absolute atomic E-state index is 0.323. The molecule has 1 aliphatic carbocycles. The quantitative estimate of drug-likeness (QED) is 0.782. The second-order valence-corrected chi connectivity index (χ2v) is 5.75. The van der Waals surface area contributed by atoms with Gasteiger partial charge >= 0.3 is 0 Å². The molecule has 1 saturated heterocycles. The second kappa shape index (κ2) is 4.72. The van der Waals surface area contributed by atoms with Crippen molar-refractivity contribution in [3.63, 3.8) is 0 Å². The highest BCUT2D eigenvalue weighted by atomic mass is 16.5. The van der Waals surface area contributed by atoms with E-state index in [1.54, 1.807) is 0 Å². The van der Waals surface area contributed by atoms with E-state index in [1.807, 2.05) is 0 Å². The van der Waals surface area contributed by atoms with Gasteiger partial charge in [0.1, 0.15) is 0 Å². The Morgan fingerprint density at radius 3 is 2.15 bits per heavy atom. The Labute approximate surface area is 120 Å². The summed E-state index contributed by atoms with van der Waals surface area (Å²) in [5.74, 6) is 0. The van der Waals surface area contributed by atoms with Crippen molar-refractivity contribution in [3.05, 3.63) is 59.7 Å². The SMILES string of the molecule is C[C@H]1CN(C2c3ccccc3-c3ccccc32)CCO1. The lowest BCUT2D eigenvalue weighted by Gasteiger charge is -2.36. The van der Waals surface area contributed by atoms with Crippen LogP contribution in [0.15, 0.2) is 48.5 Å².